The van der Waals surface area contributed by atoms with Crippen molar-refractivity contribution in [2.75, 3.05) is 18.1 Å². The highest BCUT2D eigenvalue weighted by Crippen LogP contribution is 1.91. The topological polar surface area (TPSA) is 80.7 Å². The number of carboxylic acid groups (broad SMARTS) is 1. The van der Waals surface area contributed by atoms with Crippen molar-refractivity contribution in [2.45, 2.75) is 19.8 Å². The van der Waals surface area contributed by atoms with Gasteiger partial charge in [0.1, 0.15) is 11.5 Å². The normalized spacial score (nSPS) is 12.1. The second-order valence-electron chi connectivity index (χ2n) is 2.70. The predicted octanol–water partition coefficient (Wildman–Crippen LogP) is 0.163. The van der Waals surface area contributed by atoms with Crippen molar-refractivity contribution in [1.82, 2.24) is 0 Å². The molecule has 0 fully saturated rings. The maximum atomic E-state index is 10.9. The molecule has 6 heteroatoms. The van der Waals surface area contributed by atoms with Gasteiger partial charge in [0.05, 0.1) is 6.61 Å². The first kappa shape index (κ1) is 13.1. The molecule has 14 heavy (non-hydrogen) atoms. The van der Waals surface area contributed by atoms with Crippen molar-refractivity contribution in [2.24, 2.45) is 0 Å². The molecule has 0 aliphatic rings. The fourth-order valence-corrected chi connectivity index (χ4v) is 1.42. The van der Waals surface area contributed by atoms with E-state index in [9.17, 15) is 13.8 Å². The summed E-state index contributed by atoms with van der Waals surface area (Å²) < 4.78 is 15.6. The van der Waals surface area contributed by atoms with Gasteiger partial charge in [-0.15, -0.1) is 0 Å². The van der Waals surface area contributed by atoms with Gasteiger partial charge in [0.15, 0.2) is 0 Å². The minimum atomic E-state index is -1.66. The van der Waals surface area contributed by atoms with Gasteiger partial charge in [0, 0.05) is 10.8 Å². The first-order valence-electron chi connectivity index (χ1n) is 4.28. The van der Waals surface area contributed by atoms with E-state index in [0.29, 0.717) is 6.61 Å². The van der Waals surface area contributed by atoms with E-state index >= 15 is 0 Å². The van der Waals surface area contributed by atoms with Crippen LogP contribution in [-0.4, -0.2) is 39.4 Å². The highest BCUT2D eigenvalue weighted by Gasteiger charge is 2.11. The number of hydrogen-bond acceptors (Lipinski definition) is 4. The number of aliphatic carboxylic acids is 1. The third kappa shape index (κ3) is 7.72. The largest absolute Gasteiger partial charge is 0.481 e. The summed E-state index contributed by atoms with van der Waals surface area (Å²) in [5.41, 5.74) is 0. The number of carboxylic acids is 1. The fourth-order valence-electron chi connectivity index (χ4n) is 0.692. The molecule has 82 valence electrons. The lowest BCUT2D eigenvalue weighted by Crippen LogP contribution is -2.19. The van der Waals surface area contributed by atoms with Crippen molar-refractivity contribution in [3.63, 3.8) is 0 Å². The van der Waals surface area contributed by atoms with Gasteiger partial charge < -0.3 is 9.84 Å². The minimum absolute atomic E-state index is 0.305. The third-order valence-electron chi connectivity index (χ3n) is 1.32. The zero-order valence-corrected chi connectivity index (χ0v) is 8.84. The monoisotopic (exact) mass is 222 g/mol. The van der Waals surface area contributed by atoms with Gasteiger partial charge in [-0.1, -0.05) is 13.3 Å². The summed E-state index contributed by atoms with van der Waals surface area (Å²) in [6.07, 6.45) is 1.67. The molecule has 0 radical (unpaired) electrons. The highest BCUT2D eigenvalue weighted by atomic mass is 32.2. The van der Waals surface area contributed by atoms with E-state index < -0.39 is 28.5 Å². The van der Waals surface area contributed by atoms with Gasteiger partial charge in [-0.2, -0.15) is 0 Å². The molecule has 0 aromatic heterocycles. The zero-order valence-electron chi connectivity index (χ0n) is 8.02. The molecule has 0 saturated heterocycles. The van der Waals surface area contributed by atoms with E-state index in [1.165, 1.54) is 0 Å². The Morgan fingerprint density at radius 1 is 1.36 bits per heavy atom. The van der Waals surface area contributed by atoms with Crippen molar-refractivity contribution in [3.8, 4) is 0 Å². The average Bonchev–Trinajstić information content (AvgIpc) is 2.02. The second-order valence-corrected chi connectivity index (χ2v) is 4.15. The molecular formula is C8H14O5S. The molecule has 0 aromatic rings. The van der Waals surface area contributed by atoms with Gasteiger partial charge in [0.2, 0.25) is 0 Å². The van der Waals surface area contributed by atoms with E-state index in [-0.39, 0.29) is 5.75 Å². The van der Waals surface area contributed by atoms with Crippen LogP contribution in [-0.2, 0) is 25.1 Å². The van der Waals surface area contributed by atoms with Crippen LogP contribution < -0.4 is 0 Å². The summed E-state index contributed by atoms with van der Waals surface area (Å²) in [5, 5.41) is 8.27. The van der Waals surface area contributed by atoms with E-state index in [2.05, 4.69) is 0 Å². The van der Waals surface area contributed by atoms with Gasteiger partial charge in [0.25, 0.3) is 0 Å². The molecule has 0 aliphatic carbocycles. The number of carbonyl (C=O) groups is 2. The molecule has 0 heterocycles. The number of carbonyl (C=O) groups excluding carboxylic acids is 1. The zero-order chi connectivity index (χ0) is 11.0. The Morgan fingerprint density at radius 2 is 2.00 bits per heavy atom. The maximum absolute atomic E-state index is 10.9. The lowest BCUT2D eigenvalue weighted by atomic mass is 10.4. The molecule has 1 atom stereocenters. The Morgan fingerprint density at radius 3 is 2.50 bits per heavy atom. The van der Waals surface area contributed by atoms with Gasteiger partial charge >= 0.3 is 11.9 Å². The molecule has 0 bridgehead atoms. The minimum Gasteiger partial charge on any atom is -0.481 e. The van der Waals surface area contributed by atoms with Crippen LogP contribution in [0.25, 0.3) is 0 Å². The molecule has 0 spiro atoms. The molecular weight excluding hydrogens is 208 g/mol. The molecule has 1 unspecified atom stereocenters. The van der Waals surface area contributed by atoms with Crippen molar-refractivity contribution >= 4 is 22.7 Å². The van der Waals surface area contributed by atoms with E-state index in [4.69, 9.17) is 9.84 Å². The van der Waals surface area contributed by atoms with Crippen LogP contribution in [0.5, 0.6) is 0 Å². The Hall–Kier alpha value is -0.910. The Bertz CT molecular complexity index is 226. The average molecular weight is 222 g/mol. The number of esters is 1. The number of hydrogen-bond donors (Lipinski definition) is 1. The molecule has 0 amide bonds. The van der Waals surface area contributed by atoms with Gasteiger partial charge in [-0.25, -0.2) is 0 Å². The first-order chi connectivity index (χ1) is 6.56. The Labute approximate surface area is 84.9 Å². The maximum Gasteiger partial charge on any atom is 0.318 e. The van der Waals surface area contributed by atoms with E-state index in [0.717, 1.165) is 12.8 Å². The number of rotatable bonds is 7. The van der Waals surface area contributed by atoms with Crippen molar-refractivity contribution in [3.05, 3.63) is 0 Å². The Kier molecular flexibility index (Phi) is 7.00. The van der Waals surface area contributed by atoms with Crippen LogP contribution in [0.15, 0.2) is 0 Å². The number of ether oxygens (including phenoxy) is 1. The lowest BCUT2D eigenvalue weighted by molar-refractivity contribution is -0.140. The molecule has 5 nitrogen and oxygen atoms in total. The van der Waals surface area contributed by atoms with E-state index in [1.807, 2.05) is 6.92 Å². The summed E-state index contributed by atoms with van der Waals surface area (Å²) in [7, 11) is -1.66. The van der Waals surface area contributed by atoms with Crippen LogP contribution in [0.4, 0.5) is 0 Å². The Balaban J connectivity index is 3.61. The molecule has 0 saturated carbocycles. The summed E-state index contributed by atoms with van der Waals surface area (Å²) >= 11 is 0. The SMILES string of the molecule is CCCCOC(=O)CS(=O)CC(=O)O. The smallest absolute Gasteiger partial charge is 0.318 e. The predicted molar refractivity (Wildman–Crippen MR) is 51.4 cm³/mol. The van der Waals surface area contributed by atoms with E-state index in [1.54, 1.807) is 0 Å². The van der Waals surface area contributed by atoms with Crippen molar-refractivity contribution in [1.29, 1.82) is 0 Å². The van der Waals surface area contributed by atoms with Crippen LogP contribution >= 0.6 is 0 Å². The standard InChI is InChI=1S/C8H14O5S/c1-2-3-4-13-8(11)6-14(12)5-7(9)10/h2-6H2,1H3,(H,9,10). The third-order valence-corrected chi connectivity index (χ3v) is 2.45. The molecule has 0 aromatic carbocycles. The van der Waals surface area contributed by atoms with Gasteiger partial charge in [-0.05, 0) is 6.42 Å². The van der Waals surface area contributed by atoms with Crippen molar-refractivity contribution < 1.29 is 23.6 Å². The summed E-state index contributed by atoms with van der Waals surface area (Å²) in [5.74, 6) is -2.62. The number of unbranched alkanes of at least 4 members (excludes halogenated alkanes) is 1. The van der Waals surface area contributed by atoms with Crippen LogP contribution in [0.1, 0.15) is 19.8 Å². The lowest BCUT2D eigenvalue weighted by Gasteiger charge is -2.02. The molecule has 1 N–H and O–H groups in total. The fraction of sp³-hybridized carbons (Fsp3) is 0.750. The molecule has 0 aliphatic heterocycles. The van der Waals surface area contributed by atoms with Crippen LogP contribution in [0, 0.1) is 0 Å². The van der Waals surface area contributed by atoms with Gasteiger partial charge in [-0.3, -0.25) is 13.8 Å². The van der Waals surface area contributed by atoms with Crippen LogP contribution in [0.3, 0.4) is 0 Å². The summed E-state index contributed by atoms with van der Waals surface area (Å²) in [4.78, 5) is 21.0. The first-order valence-corrected chi connectivity index (χ1v) is 5.77. The summed E-state index contributed by atoms with van der Waals surface area (Å²) in [6, 6.07) is 0. The quantitative estimate of drug-likeness (QED) is 0.490. The second kappa shape index (κ2) is 7.49. The highest BCUT2D eigenvalue weighted by molar-refractivity contribution is 7.86. The van der Waals surface area contributed by atoms with Crippen LogP contribution in [0.2, 0.25) is 0 Å². The summed E-state index contributed by atoms with van der Waals surface area (Å²) in [6.45, 7) is 2.26. The molecule has 0 rings (SSSR count).